The van der Waals surface area contributed by atoms with E-state index in [4.69, 9.17) is 0 Å². The summed E-state index contributed by atoms with van der Waals surface area (Å²) in [7, 11) is 1.70. The Balaban J connectivity index is 4.57. The van der Waals surface area contributed by atoms with Crippen molar-refractivity contribution in [2.45, 2.75) is 27.2 Å². The first-order chi connectivity index (χ1) is 5.17. The number of allylic oxidation sites excluding steroid dienone is 2. The predicted molar refractivity (Wildman–Crippen MR) is 48.1 cm³/mol. The minimum Gasteiger partial charge on any atom is -0.294 e. The van der Waals surface area contributed by atoms with Crippen LogP contribution in [0.25, 0.3) is 0 Å². The summed E-state index contributed by atoms with van der Waals surface area (Å²) >= 11 is 0. The number of Topliss-reactive ketones (excluding diaryl/α,β-unsaturated/α-hetero) is 1. The summed E-state index contributed by atoms with van der Waals surface area (Å²) in [4.78, 5) is 15.2. The van der Waals surface area contributed by atoms with Crippen LogP contribution in [0.15, 0.2) is 16.6 Å². The average molecular weight is 153 g/mol. The van der Waals surface area contributed by atoms with Gasteiger partial charge in [0.15, 0.2) is 5.78 Å². The topological polar surface area (TPSA) is 29.4 Å². The van der Waals surface area contributed by atoms with Gasteiger partial charge in [0, 0.05) is 24.8 Å². The van der Waals surface area contributed by atoms with Gasteiger partial charge in [-0.1, -0.05) is 13.0 Å². The first-order valence-electron chi connectivity index (χ1n) is 3.80. The third kappa shape index (κ3) is 2.66. The Hall–Kier alpha value is -0.920. The predicted octanol–water partition coefficient (Wildman–Crippen LogP) is 2.00. The van der Waals surface area contributed by atoms with Crippen LogP contribution in [0.5, 0.6) is 0 Å². The highest BCUT2D eigenvalue weighted by Gasteiger charge is 2.07. The Morgan fingerprint density at radius 1 is 1.55 bits per heavy atom. The van der Waals surface area contributed by atoms with Crippen LogP contribution < -0.4 is 0 Å². The molecule has 0 amide bonds. The van der Waals surface area contributed by atoms with E-state index in [0.717, 1.165) is 11.3 Å². The quantitative estimate of drug-likeness (QED) is 0.450. The van der Waals surface area contributed by atoms with Gasteiger partial charge in [-0.15, -0.1) is 0 Å². The van der Waals surface area contributed by atoms with Crippen molar-refractivity contribution in [3.8, 4) is 0 Å². The van der Waals surface area contributed by atoms with Gasteiger partial charge in [0.2, 0.25) is 0 Å². The van der Waals surface area contributed by atoms with E-state index in [1.165, 1.54) is 0 Å². The molecule has 0 N–H and O–H groups in total. The first kappa shape index (κ1) is 10.1. The van der Waals surface area contributed by atoms with Gasteiger partial charge in [0.25, 0.3) is 0 Å². The summed E-state index contributed by atoms with van der Waals surface area (Å²) in [6, 6.07) is 0. The molecular weight excluding hydrogens is 138 g/mol. The summed E-state index contributed by atoms with van der Waals surface area (Å²) in [5, 5.41) is 0. The van der Waals surface area contributed by atoms with Crippen LogP contribution in [0.1, 0.15) is 27.2 Å². The van der Waals surface area contributed by atoms with Crippen molar-refractivity contribution in [1.82, 2.24) is 0 Å². The Labute approximate surface area is 68.0 Å². The van der Waals surface area contributed by atoms with E-state index in [1.807, 2.05) is 26.8 Å². The van der Waals surface area contributed by atoms with Gasteiger partial charge in [0.05, 0.1) is 0 Å². The maximum atomic E-state index is 11.2. The lowest BCUT2D eigenvalue weighted by molar-refractivity contribution is -0.114. The number of rotatable bonds is 3. The van der Waals surface area contributed by atoms with Gasteiger partial charge in [-0.25, -0.2) is 0 Å². The minimum atomic E-state index is 0.163. The summed E-state index contributed by atoms with van der Waals surface area (Å²) in [6.45, 7) is 5.56. The molecule has 0 radical (unpaired) electrons. The van der Waals surface area contributed by atoms with Crippen LogP contribution in [0.3, 0.4) is 0 Å². The molecule has 0 saturated carbocycles. The van der Waals surface area contributed by atoms with Crippen LogP contribution in [-0.4, -0.2) is 18.5 Å². The largest absolute Gasteiger partial charge is 0.294 e. The normalized spacial score (nSPS) is 13.5. The van der Waals surface area contributed by atoms with Crippen molar-refractivity contribution in [2.75, 3.05) is 7.05 Å². The van der Waals surface area contributed by atoms with Crippen LogP contribution in [-0.2, 0) is 4.79 Å². The number of aliphatic imine (C=N–C) groups is 1. The molecule has 0 saturated heterocycles. The van der Waals surface area contributed by atoms with E-state index in [-0.39, 0.29) is 5.78 Å². The Bertz CT molecular complexity index is 202. The molecule has 0 aromatic carbocycles. The van der Waals surface area contributed by atoms with Crippen LogP contribution in [0.4, 0.5) is 0 Å². The molecule has 0 atom stereocenters. The van der Waals surface area contributed by atoms with Crippen LogP contribution in [0, 0.1) is 0 Å². The molecule has 0 spiro atoms. The summed E-state index contributed by atoms with van der Waals surface area (Å²) in [5.74, 6) is 0.163. The van der Waals surface area contributed by atoms with Crippen molar-refractivity contribution >= 4 is 11.5 Å². The molecule has 0 fully saturated rings. The van der Waals surface area contributed by atoms with E-state index in [1.54, 1.807) is 7.05 Å². The molecule has 0 aromatic rings. The highest BCUT2D eigenvalue weighted by molar-refractivity contribution is 6.21. The molecule has 0 aromatic heterocycles. The number of ketones is 1. The average Bonchev–Trinajstić information content (AvgIpc) is 2.05. The van der Waals surface area contributed by atoms with E-state index < -0.39 is 0 Å². The molecule has 0 heterocycles. The fraction of sp³-hybridized carbons (Fsp3) is 0.556. The molecule has 2 nitrogen and oxygen atoms in total. The third-order valence-corrected chi connectivity index (χ3v) is 1.64. The smallest absolute Gasteiger partial charge is 0.164 e. The van der Waals surface area contributed by atoms with Crippen LogP contribution in [0.2, 0.25) is 0 Å². The second-order valence-electron chi connectivity index (χ2n) is 2.29. The molecule has 62 valence electrons. The van der Waals surface area contributed by atoms with Gasteiger partial charge in [0.1, 0.15) is 0 Å². The summed E-state index contributed by atoms with van der Waals surface area (Å²) in [5.41, 5.74) is 1.56. The van der Waals surface area contributed by atoms with Crippen molar-refractivity contribution in [3.63, 3.8) is 0 Å². The standard InChI is InChI=1S/C9H15NO/c1-5-8(7(3)10-4)9(11)6-2/h5H,6H2,1-4H3/b8-5-,10-7?. The van der Waals surface area contributed by atoms with Crippen molar-refractivity contribution in [1.29, 1.82) is 0 Å². The molecule has 0 aliphatic rings. The van der Waals surface area contributed by atoms with Crippen molar-refractivity contribution < 1.29 is 4.79 Å². The number of carbonyl (C=O) groups is 1. The minimum absolute atomic E-state index is 0.163. The van der Waals surface area contributed by atoms with E-state index in [0.29, 0.717) is 6.42 Å². The Morgan fingerprint density at radius 3 is 2.36 bits per heavy atom. The van der Waals surface area contributed by atoms with Crippen molar-refractivity contribution in [2.24, 2.45) is 4.99 Å². The molecule has 11 heavy (non-hydrogen) atoms. The van der Waals surface area contributed by atoms with Crippen LogP contribution >= 0.6 is 0 Å². The van der Waals surface area contributed by atoms with Gasteiger partial charge >= 0.3 is 0 Å². The maximum absolute atomic E-state index is 11.2. The Kier molecular flexibility index (Phi) is 4.42. The lowest BCUT2D eigenvalue weighted by Crippen LogP contribution is -2.08. The highest BCUT2D eigenvalue weighted by Crippen LogP contribution is 2.02. The fourth-order valence-electron chi connectivity index (χ4n) is 0.883. The lowest BCUT2D eigenvalue weighted by Gasteiger charge is -2.01. The maximum Gasteiger partial charge on any atom is 0.164 e. The SMILES string of the molecule is C/C=C(\C(=O)CC)C(C)=NC. The number of carbonyl (C=O) groups excluding carboxylic acids is 1. The Morgan fingerprint density at radius 2 is 2.09 bits per heavy atom. The molecule has 0 aliphatic heterocycles. The van der Waals surface area contributed by atoms with Gasteiger partial charge < -0.3 is 0 Å². The first-order valence-corrected chi connectivity index (χ1v) is 3.80. The zero-order chi connectivity index (χ0) is 8.85. The number of nitrogens with zero attached hydrogens (tertiary/aromatic N) is 1. The number of hydrogen-bond donors (Lipinski definition) is 0. The summed E-state index contributed by atoms with van der Waals surface area (Å²) in [6.07, 6.45) is 2.36. The van der Waals surface area contributed by atoms with E-state index in [2.05, 4.69) is 4.99 Å². The molecular formula is C9H15NO. The lowest BCUT2D eigenvalue weighted by atomic mass is 10.1. The second-order valence-corrected chi connectivity index (χ2v) is 2.29. The molecule has 0 aliphatic carbocycles. The van der Waals surface area contributed by atoms with E-state index >= 15 is 0 Å². The monoisotopic (exact) mass is 153 g/mol. The van der Waals surface area contributed by atoms with Gasteiger partial charge in [-0.2, -0.15) is 0 Å². The zero-order valence-electron chi connectivity index (χ0n) is 7.64. The molecule has 0 bridgehead atoms. The van der Waals surface area contributed by atoms with Gasteiger partial charge in [-0.3, -0.25) is 9.79 Å². The highest BCUT2D eigenvalue weighted by atomic mass is 16.1. The molecule has 0 rings (SSSR count). The van der Waals surface area contributed by atoms with Crippen molar-refractivity contribution in [3.05, 3.63) is 11.6 Å². The zero-order valence-corrected chi connectivity index (χ0v) is 7.64. The fourth-order valence-corrected chi connectivity index (χ4v) is 0.883. The second kappa shape index (κ2) is 4.83. The third-order valence-electron chi connectivity index (χ3n) is 1.64. The summed E-state index contributed by atoms with van der Waals surface area (Å²) < 4.78 is 0. The molecule has 2 heteroatoms. The number of hydrogen-bond acceptors (Lipinski definition) is 2. The van der Waals surface area contributed by atoms with E-state index in [9.17, 15) is 4.79 Å². The van der Waals surface area contributed by atoms with Gasteiger partial charge in [-0.05, 0) is 13.8 Å². The molecule has 0 unspecified atom stereocenters.